The summed E-state index contributed by atoms with van der Waals surface area (Å²) in [5, 5.41) is 11.4. The van der Waals surface area contributed by atoms with Gasteiger partial charge >= 0.3 is 0 Å². The maximum Gasteiger partial charge on any atom is 0.155 e. The molecule has 0 bridgehead atoms. The molecule has 4 unspecified atom stereocenters. The van der Waals surface area contributed by atoms with Gasteiger partial charge in [-0.15, -0.1) is 0 Å². The summed E-state index contributed by atoms with van der Waals surface area (Å²) in [6, 6.07) is 0. The number of carbonyl (C=O) groups excluding carboxylic acids is 1. The van der Waals surface area contributed by atoms with Gasteiger partial charge in [-0.1, -0.05) is 44.2 Å². The van der Waals surface area contributed by atoms with Gasteiger partial charge in [0.2, 0.25) is 0 Å². The summed E-state index contributed by atoms with van der Waals surface area (Å²) in [6.45, 7) is 8.49. The van der Waals surface area contributed by atoms with Gasteiger partial charge in [0.25, 0.3) is 0 Å². The largest absolute Gasteiger partial charge is 0.385 e. The van der Waals surface area contributed by atoms with Crippen LogP contribution in [0.4, 0.5) is 0 Å². The summed E-state index contributed by atoms with van der Waals surface area (Å²) in [5.41, 5.74) is 0.733. The molecule has 3 saturated carbocycles. The Morgan fingerprint density at radius 1 is 1.28 bits per heavy atom. The molecule has 136 valence electrons. The minimum absolute atomic E-state index is 0.0202. The highest BCUT2D eigenvalue weighted by Crippen LogP contribution is 2.66. The first-order valence-corrected chi connectivity index (χ1v) is 10.2. The highest BCUT2D eigenvalue weighted by Gasteiger charge is 2.62. The summed E-state index contributed by atoms with van der Waals surface area (Å²) < 4.78 is 0. The second kappa shape index (κ2) is 5.94. The standard InChI is InChI=1S/C23H32O2/c1-4-5-10-23(25)12-9-20-21-15(2)13-16-14-17(24)6-7-18(16)19(21)8-11-22(20,23)3/h4-5,10,14-15,18-21,25H,1,6-9,11-13H2,2-3H3/b10-5-/t15-,18?,19?,20?,21?,22+,23+/m1/s1. The average molecular weight is 341 g/mol. The summed E-state index contributed by atoms with van der Waals surface area (Å²) in [4.78, 5) is 11.9. The Bertz CT molecular complexity index is 644. The van der Waals surface area contributed by atoms with Crippen molar-refractivity contribution in [1.29, 1.82) is 0 Å². The van der Waals surface area contributed by atoms with E-state index >= 15 is 0 Å². The van der Waals surface area contributed by atoms with Gasteiger partial charge in [-0.25, -0.2) is 0 Å². The lowest BCUT2D eigenvalue weighted by Gasteiger charge is -2.57. The molecule has 7 atom stereocenters. The highest BCUT2D eigenvalue weighted by molar-refractivity contribution is 5.91. The second-order valence-electron chi connectivity index (χ2n) is 9.37. The fourth-order valence-electron chi connectivity index (χ4n) is 7.14. The predicted molar refractivity (Wildman–Crippen MR) is 101 cm³/mol. The van der Waals surface area contributed by atoms with E-state index in [1.54, 1.807) is 6.08 Å². The Hall–Kier alpha value is -1.15. The highest BCUT2D eigenvalue weighted by atomic mass is 16.3. The molecule has 0 amide bonds. The summed E-state index contributed by atoms with van der Waals surface area (Å²) >= 11 is 0. The van der Waals surface area contributed by atoms with Crippen LogP contribution in [-0.4, -0.2) is 16.5 Å². The van der Waals surface area contributed by atoms with Gasteiger partial charge in [0.05, 0.1) is 5.60 Å². The number of ketones is 1. The molecule has 2 nitrogen and oxygen atoms in total. The minimum Gasteiger partial charge on any atom is -0.385 e. The van der Waals surface area contributed by atoms with E-state index in [0.717, 1.165) is 38.5 Å². The van der Waals surface area contributed by atoms with Crippen molar-refractivity contribution in [2.24, 2.45) is 35.0 Å². The molecule has 2 heteroatoms. The van der Waals surface area contributed by atoms with E-state index in [9.17, 15) is 9.90 Å². The zero-order valence-electron chi connectivity index (χ0n) is 15.7. The summed E-state index contributed by atoms with van der Waals surface area (Å²) in [7, 11) is 0. The monoisotopic (exact) mass is 340 g/mol. The van der Waals surface area contributed by atoms with Crippen molar-refractivity contribution < 1.29 is 9.90 Å². The van der Waals surface area contributed by atoms with Crippen LogP contribution in [0.5, 0.6) is 0 Å². The molecule has 0 aliphatic heterocycles. The maximum absolute atomic E-state index is 11.9. The second-order valence-corrected chi connectivity index (χ2v) is 9.37. The van der Waals surface area contributed by atoms with Crippen LogP contribution in [0.2, 0.25) is 0 Å². The molecule has 0 aromatic heterocycles. The fourth-order valence-corrected chi connectivity index (χ4v) is 7.14. The third kappa shape index (κ3) is 2.44. The normalized spacial score (nSPS) is 49.3. The lowest BCUT2D eigenvalue weighted by Crippen LogP contribution is -2.53. The molecule has 0 aromatic carbocycles. The molecular weight excluding hydrogens is 308 g/mol. The maximum atomic E-state index is 11.9. The molecule has 4 rings (SSSR count). The first-order chi connectivity index (χ1) is 11.9. The molecule has 1 N–H and O–H groups in total. The van der Waals surface area contributed by atoms with Crippen LogP contribution in [0.3, 0.4) is 0 Å². The number of hydrogen-bond acceptors (Lipinski definition) is 2. The SMILES string of the molecule is C=C/C=C\[C@]1(O)CCC2C3C(CC[C@@]21C)C1CCC(=O)C=C1C[C@H]3C. The van der Waals surface area contributed by atoms with Crippen molar-refractivity contribution in [2.75, 3.05) is 0 Å². The molecule has 0 spiro atoms. The van der Waals surface area contributed by atoms with Gasteiger partial charge in [-0.05, 0) is 74.2 Å². The van der Waals surface area contributed by atoms with Crippen LogP contribution >= 0.6 is 0 Å². The Kier molecular flexibility index (Phi) is 4.11. The van der Waals surface area contributed by atoms with Gasteiger partial charge in [0, 0.05) is 11.8 Å². The van der Waals surface area contributed by atoms with Crippen molar-refractivity contribution in [3.63, 3.8) is 0 Å². The predicted octanol–water partition coefficient (Wildman–Crippen LogP) is 4.85. The number of allylic oxidation sites excluding steroid dienone is 3. The Labute approximate surface area is 152 Å². The van der Waals surface area contributed by atoms with Crippen LogP contribution in [0.15, 0.2) is 36.5 Å². The van der Waals surface area contributed by atoms with Gasteiger partial charge < -0.3 is 5.11 Å². The minimum atomic E-state index is -0.685. The van der Waals surface area contributed by atoms with E-state index in [-0.39, 0.29) is 5.41 Å². The van der Waals surface area contributed by atoms with Crippen molar-refractivity contribution >= 4 is 5.78 Å². The number of carbonyl (C=O) groups is 1. The zero-order valence-corrected chi connectivity index (χ0v) is 15.7. The van der Waals surface area contributed by atoms with Crippen molar-refractivity contribution in [3.05, 3.63) is 36.5 Å². The topological polar surface area (TPSA) is 37.3 Å². The summed E-state index contributed by atoms with van der Waals surface area (Å²) in [5.74, 6) is 3.59. The first-order valence-electron chi connectivity index (χ1n) is 10.2. The average Bonchev–Trinajstić information content (AvgIpc) is 2.84. The van der Waals surface area contributed by atoms with E-state index in [0.29, 0.717) is 35.4 Å². The van der Waals surface area contributed by atoms with Gasteiger partial charge in [0.1, 0.15) is 0 Å². The molecule has 0 aromatic rings. The molecular formula is C23H32O2. The van der Waals surface area contributed by atoms with Crippen LogP contribution in [-0.2, 0) is 4.79 Å². The Morgan fingerprint density at radius 3 is 2.84 bits per heavy atom. The van der Waals surface area contributed by atoms with E-state index < -0.39 is 5.60 Å². The van der Waals surface area contributed by atoms with Crippen molar-refractivity contribution in [2.45, 2.75) is 64.4 Å². The molecule has 3 fully saturated rings. The van der Waals surface area contributed by atoms with Gasteiger partial charge in [-0.3, -0.25) is 4.79 Å². The molecule has 4 aliphatic carbocycles. The summed E-state index contributed by atoms with van der Waals surface area (Å²) in [6.07, 6.45) is 14.9. The molecule has 0 radical (unpaired) electrons. The molecule has 0 saturated heterocycles. The lowest BCUT2D eigenvalue weighted by atomic mass is 9.48. The van der Waals surface area contributed by atoms with Crippen LogP contribution in [0, 0.1) is 35.0 Å². The van der Waals surface area contributed by atoms with E-state index in [1.165, 1.54) is 12.0 Å². The van der Waals surface area contributed by atoms with Crippen molar-refractivity contribution in [1.82, 2.24) is 0 Å². The fraction of sp³-hybridized carbons (Fsp3) is 0.696. The Balaban J connectivity index is 1.67. The zero-order chi connectivity index (χ0) is 17.8. The van der Waals surface area contributed by atoms with Crippen LogP contribution < -0.4 is 0 Å². The number of hydrogen-bond donors (Lipinski definition) is 1. The van der Waals surface area contributed by atoms with Crippen LogP contribution in [0.25, 0.3) is 0 Å². The molecule has 4 aliphatic rings. The van der Waals surface area contributed by atoms with E-state index in [2.05, 4.69) is 20.4 Å². The first kappa shape index (κ1) is 17.3. The third-order valence-electron chi connectivity index (χ3n) is 8.36. The van der Waals surface area contributed by atoms with Gasteiger partial charge in [-0.2, -0.15) is 0 Å². The number of rotatable bonds is 2. The number of fused-ring (bicyclic) bond motifs is 5. The Morgan fingerprint density at radius 2 is 2.08 bits per heavy atom. The van der Waals surface area contributed by atoms with Crippen LogP contribution in [0.1, 0.15) is 58.8 Å². The van der Waals surface area contributed by atoms with E-state index in [4.69, 9.17) is 0 Å². The lowest BCUT2D eigenvalue weighted by molar-refractivity contribution is -0.118. The molecule has 25 heavy (non-hydrogen) atoms. The smallest absolute Gasteiger partial charge is 0.155 e. The van der Waals surface area contributed by atoms with Gasteiger partial charge in [0.15, 0.2) is 5.78 Å². The quantitative estimate of drug-likeness (QED) is 0.730. The van der Waals surface area contributed by atoms with E-state index in [1.807, 2.05) is 18.2 Å². The third-order valence-corrected chi connectivity index (χ3v) is 8.36. The molecule has 0 heterocycles. The van der Waals surface area contributed by atoms with Crippen molar-refractivity contribution in [3.8, 4) is 0 Å². The number of aliphatic hydroxyl groups is 1.